The van der Waals surface area contributed by atoms with Gasteiger partial charge in [0.2, 0.25) is 0 Å². The van der Waals surface area contributed by atoms with Crippen molar-refractivity contribution in [3.8, 4) is 0 Å². The standard InChI is InChI=1S/C18H16N2O3/c1-2-14(21)15-16(12-8-10-19-11-9-12)20(18(23)17(15)22)13-6-4-3-5-7-13/h3-11,16,22H,2H2,1H3. The summed E-state index contributed by atoms with van der Waals surface area (Å²) < 4.78 is 0. The van der Waals surface area contributed by atoms with Crippen molar-refractivity contribution in [2.24, 2.45) is 0 Å². The number of para-hydroxylation sites is 1. The van der Waals surface area contributed by atoms with Crippen LogP contribution in [-0.4, -0.2) is 21.8 Å². The molecule has 1 aromatic carbocycles. The van der Waals surface area contributed by atoms with Crippen molar-refractivity contribution in [1.82, 2.24) is 4.98 Å². The second-order valence-corrected chi connectivity index (χ2v) is 5.23. The molecule has 0 radical (unpaired) electrons. The van der Waals surface area contributed by atoms with Gasteiger partial charge in [-0.1, -0.05) is 25.1 Å². The van der Waals surface area contributed by atoms with Gasteiger partial charge in [-0.15, -0.1) is 0 Å². The molecule has 0 saturated heterocycles. The molecule has 1 atom stereocenters. The highest BCUT2D eigenvalue weighted by atomic mass is 16.3. The fraction of sp³-hybridized carbons (Fsp3) is 0.167. The van der Waals surface area contributed by atoms with Gasteiger partial charge in [-0.05, 0) is 29.8 Å². The molecule has 2 aromatic rings. The Labute approximate surface area is 133 Å². The van der Waals surface area contributed by atoms with Gasteiger partial charge in [-0.2, -0.15) is 0 Å². The number of nitrogens with zero attached hydrogens (tertiary/aromatic N) is 2. The van der Waals surface area contributed by atoms with E-state index >= 15 is 0 Å². The van der Waals surface area contributed by atoms with Gasteiger partial charge in [0.15, 0.2) is 11.5 Å². The van der Waals surface area contributed by atoms with E-state index in [4.69, 9.17) is 0 Å². The summed E-state index contributed by atoms with van der Waals surface area (Å²) in [6.45, 7) is 1.71. The third-order valence-corrected chi connectivity index (χ3v) is 3.89. The van der Waals surface area contributed by atoms with Crippen LogP contribution >= 0.6 is 0 Å². The van der Waals surface area contributed by atoms with Crippen molar-refractivity contribution in [1.29, 1.82) is 0 Å². The molecule has 0 bridgehead atoms. The number of Topliss-reactive ketones (excluding diaryl/α,β-unsaturated/α-hetero) is 1. The Hall–Kier alpha value is -2.95. The second kappa shape index (κ2) is 6.04. The topological polar surface area (TPSA) is 70.5 Å². The number of hydrogen-bond donors (Lipinski definition) is 1. The van der Waals surface area contributed by atoms with Crippen molar-refractivity contribution < 1.29 is 14.7 Å². The second-order valence-electron chi connectivity index (χ2n) is 5.23. The van der Waals surface area contributed by atoms with Crippen molar-refractivity contribution >= 4 is 17.4 Å². The maximum atomic E-state index is 12.6. The highest BCUT2D eigenvalue weighted by molar-refractivity contribution is 6.16. The lowest BCUT2D eigenvalue weighted by atomic mass is 9.95. The molecule has 116 valence electrons. The average molecular weight is 308 g/mol. The van der Waals surface area contributed by atoms with Gasteiger partial charge in [-0.3, -0.25) is 19.5 Å². The molecule has 0 aliphatic carbocycles. The molecule has 2 heterocycles. The maximum Gasteiger partial charge on any atom is 0.294 e. The SMILES string of the molecule is CCC(=O)C1=C(O)C(=O)N(c2ccccc2)C1c1ccncc1. The van der Waals surface area contributed by atoms with Crippen LogP contribution in [0.5, 0.6) is 0 Å². The van der Waals surface area contributed by atoms with Crippen molar-refractivity contribution in [3.63, 3.8) is 0 Å². The molecule has 0 fully saturated rings. The minimum Gasteiger partial charge on any atom is -0.503 e. The number of aliphatic hydroxyl groups is 1. The summed E-state index contributed by atoms with van der Waals surface area (Å²) in [5.41, 5.74) is 1.51. The third-order valence-electron chi connectivity index (χ3n) is 3.89. The number of anilines is 1. The van der Waals surface area contributed by atoms with Crippen LogP contribution < -0.4 is 4.90 Å². The zero-order valence-electron chi connectivity index (χ0n) is 12.6. The molecule has 5 heteroatoms. The molecule has 1 aliphatic rings. The van der Waals surface area contributed by atoms with Crippen LogP contribution in [-0.2, 0) is 9.59 Å². The predicted molar refractivity (Wildman–Crippen MR) is 85.9 cm³/mol. The number of aromatic nitrogens is 1. The molecule has 0 saturated carbocycles. The molecule has 1 unspecified atom stereocenters. The van der Waals surface area contributed by atoms with Crippen LogP contribution in [0.2, 0.25) is 0 Å². The normalized spacial score (nSPS) is 17.7. The first-order valence-corrected chi connectivity index (χ1v) is 7.40. The molecule has 0 spiro atoms. The van der Waals surface area contributed by atoms with Gasteiger partial charge in [0, 0.05) is 24.5 Å². The zero-order chi connectivity index (χ0) is 16.4. The molecular formula is C18H16N2O3. The van der Waals surface area contributed by atoms with Crippen LogP contribution in [0.25, 0.3) is 0 Å². The minimum absolute atomic E-state index is 0.146. The van der Waals surface area contributed by atoms with Gasteiger partial charge in [-0.25, -0.2) is 0 Å². The largest absolute Gasteiger partial charge is 0.503 e. The Bertz CT molecular complexity index is 769. The van der Waals surface area contributed by atoms with Gasteiger partial charge in [0.05, 0.1) is 11.6 Å². The summed E-state index contributed by atoms with van der Waals surface area (Å²) in [5.74, 6) is -1.27. The van der Waals surface area contributed by atoms with Crippen molar-refractivity contribution in [3.05, 3.63) is 71.8 Å². The summed E-state index contributed by atoms with van der Waals surface area (Å²) in [6, 6.07) is 11.9. The first-order valence-electron chi connectivity index (χ1n) is 7.40. The van der Waals surface area contributed by atoms with Crippen LogP contribution in [0.4, 0.5) is 5.69 Å². The van der Waals surface area contributed by atoms with E-state index < -0.39 is 17.7 Å². The number of hydrogen-bond acceptors (Lipinski definition) is 4. The number of ketones is 1. The Morgan fingerprint density at radius 3 is 2.43 bits per heavy atom. The molecule has 1 amide bonds. The Kier molecular flexibility index (Phi) is 3.93. The quantitative estimate of drug-likeness (QED) is 0.942. The number of carbonyl (C=O) groups excluding carboxylic acids is 2. The first-order chi connectivity index (χ1) is 11.1. The number of carbonyl (C=O) groups is 2. The average Bonchev–Trinajstić information content (AvgIpc) is 2.87. The van der Waals surface area contributed by atoms with Gasteiger partial charge in [0.25, 0.3) is 5.91 Å². The molecule has 1 aliphatic heterocycles. The summed E-state index contributed by atoms with van der Waals surface area (Å²) in [5, 5.41) is 10.3. The Morgan fingerprint density at radius 2 is 1.83 bits per heavy atom. The lowest BCUT2D eigenvalue weighted by Gasteiger charge is -2.26. The predicted octanol–water partition coefficient (Wildman–Crippen LogP) is 2.96. The van der Waals surface area contributed by atoms with E-state index in [-0.39, 0.29) is 17.8 Å². The summed E-state index contributed by atoms with van der Waals surface area (Å²) >= 11 is 0. The summed E-state index contributed by atoms with van der Waals surface area (Å²) in [4.78, 5) is 30.3. The van der Waals surface area contributed by atoms with Gasteiger partial charge < -0.3 is 5.11 Å². The highest BCUT2D eigenvalue weighted by Gasteiger charge is 2.43. The molecule has 5 nitrogen and oxygen atoms in total. The van der Waals surface area contributed by atoms with E-state index in [0.717, 1.165) is 5.56 Å². The molecule has 23 heavy (non-hydrogen) atoms. The molecule has 1 N–H and O–H groups in total. The van der Waals surface area contributed by atoms with E-state index in [0.29, 0.717) is 5.69 Å². The van der Waals surface area contributed by atoms with Crippen LogP contribution in [0.1, 0.15) is 24.9 Å². The van der Waals surface area contributed by atoms with E-state index in [1.54, 1.807) is 43.6 Å². The Balaban J connectivity index is 2.17. The molecule has 3 rings (SSSR count). The van der Waals surface area contributed by atoms with Crippen LogP contribution in [0, 0.1) is 0 Å². The van der Waals surface area contributed by atoms with Crippen LogP contribution in [0.15, 0.2) is 66.2 Å². The third kappa shape index (κ3) is 2.50. The number of benzene rings is 1. The van der Waals surface area contributed by atoms with Gasteiger partial charge >= 0.3 is 0 Å². The fourth-order valence-corrected chi connectivity index (χ4v) is 2.80. The van der Waals surface area contributed by atoms with E-state index in [1.165, 1.54) is 4.90 Å². The zero-order valence-corrected chi connectivity index (χ0v) is 12.6. The lowest BCUT2D eigenvalue weighted by Crippen LogP contribution is -2.30. The number of pyridine rings is 1. The number of amides is 1. The summed E-state index contributed by atoms with van der Waals surface area (Å²) in [7, 11) is 0. The molecule has 1 aromatic heterocycles. The van der Waals surface area contributed by atoms with Crippen molar-refractivity contribution in [2.75, 3.05) is 4.90 Å². The fourth-order valence-electron chi connectivity index (χ4n) is 2.80. The lowest BCUT2D eigenvalue weighted by molar-refractivity contribution is -0.118. The first kappa shape index (κ1) is 15.0. The van der Waals surface area contributed by atoms with Gasteiger partial charge in [0.1, 0.15) is 0 Å². The Morgan fingerprint density at radius 1 is 1.17 bits per heavy atom. The highest BCUT2D eigenvalue weighted by Crippen LogP contribution is 2.40. The monoisotopic (exact) mass is 308 g/mol. The minimum atomic E-state index is -0.639. The van der Waals surface area contributed by atoms with E-state index in [2.05, 4.69) is 4.98 Å². The number of rotatable bonds is 4. The van der Waals surface area contributed by atoms with Crippen LogP contribution in [0.3, 0.4) is 0 Å². The smallest absolute Gasteiger partial charge is 0.294 e. The number of aliphatic hydroxyl groups excluding tert-OH is 1. The molecular weight excluding hydrogens is 292 g/mol. The van der Waals surface area contributed by atoms with E-state index in [9.17, 15) is 14.7 Å². The van der Waals surface area contributed by atoms with E-state index in [1.807, 2.05) is 18.2 Å². The maximum absolute atomic E-state index is 12.6. The van der Waals surface area contributed by atoms with Crippen molar-refractivity contribution in [2.45, 2.75) is 19.4 Å². The summed E-state index contributed by atoms with van der Waals surface area (Å²) in [6.07, 6.45) is 3.43.